The molecule has 0 N–H and O–H groups in total. The molecule has 4 heteroatoms. The van der Waals surface area contributed by atoms with E-state index in [1.165, 1.54) is 31.5 Å². The van der Waals surface area contributed by atoms with E-state index in [0.717, 1.165) is 0 Å². The Morgan fingerprint density at radius 2 is 0.821 bits per heavy atom. The standard InChI is InChI=1S/C24H22Cl2Si2/c1-27(25,19-11-5-3-6-12-19)23-17-9-16-22-21(23)15-10-18-24(22)28(2,26)20-13-7-4-8-14-20/h3-18H,1-2H3. The van der Waals surface area contributed by atoms with E-state index in [4.69, 9.17) is 22.2 Å². The molecule has 0 bridgehead atoms. The van der Waals surface area contributed by atoms with Crippen LogP contribution in [0, 0.1) is 0 Å². The van der Waals surface area contributed by atoms with Gasteiger partial charge in [0.25, 0.3) is 0 Å². The van der Waals surface area contributed by atoms with Gasteiger partial charge in [-0.2, -0.15) is 22.2 Å². The van der Waals surface area contributed by atoms with Crippen molar-refractivity contribution < 1.29 is 0 Å². The summed E-state index contributed by atoms with van der Waals surface area (Å²) in [4.78, 5) is 0. The minimum absolute atomic E-state index is 1.23. The summed E-state index contributed by atoms with van der Waals surface area (Å²) in [5.74, 6) is 0. The predicted octanol–water partition coefficient (Wildman–Crippen LogP) is 4.70. The highest BCUT2D eigenvalue weighted by Gasteiger charge is 2.34. The van der Waals surface area contributed by atoms with Crippen molar-refractivity contribution in [2.75, 3.05) is 0 Å². The van der Waals surface area contributed by atoms with Crippen LogP contribution >= 0.6 is 22.2 Å². The molecule has 4 aromatic rings. The summed E-state index contributed by atoms with van der Waals surface area (Å²) in [6.07, 6.45) is 0. The molecule has 4 aromatic carbocycles. The summed E-state index contributed by atoms with van der Waals surface area (Å²) in [6, 6.07) is 33.9. The Bertz CT molecular complexity index is 1020. The molecule has 28 heavy (non-hydrogen) atoms. The third-order valence-electron chi connectivity index (χ3n) is 5.57. The van der Waals surface area contributed by atoms with Gasteiger partial charge >= 0.3 is 0 Å². The zero-order valence-corrected chi connectivity index (χ0v) is 19.5. The van der Waals surface area contributed by atoms with Crippen molar-refractivity contribution in [1.82, 2.24) is 0 Å². The van der Waals surface area contributed by atoms with Crippen LogP contribution in [0.4, 0.5) is 0 Å². The SMILES string of the molecule is C[Si](Cl)(c1ccccc1)c1cccc2c([Si](C)(Cl)c3ccccc3)cccc12. The Morgan fingerprint density at radius 3 is 1.18 bits per heavy atom. The Hall–Kier alpha value is -1.85. The normalized spacial score (nSPS) is 15.7. The largest absolute Gasteiger partial charge is 0.214 e. The van der Waals surface area contributed by atoms with Crippen molar-refractivity contribution in [2.24, 2.45) is 0 Å². The van der Waals surface area contributed by atoms with Gasteiger partial charge in [0.15, 0.2) is 0 Å². The Morgan fingerprint density at radius 1 is 0.464 bits per heavy atom. The van der Waals surface area contributed by atoms with Crippen LogP contribution in [0.25, 0.3) is 10.8 Å². The fourth-order valence-corrected chi connectivity index (χ4v) is 10.2. The smallest absolute Gasteiger partial charge is 0.155 e. The summed E-state index contributed by atoms with van der Waals surface area (Å²) in [6.45, 7) is 4.42. The van der Waals surface area contributed by atoms with Gasteiger partial charge in [-0.3, -0.25) is 0 Å². The fraction of sp³-hybridized carbons (Fsp3) is 0.0833. The molecule has 0 saturated carbocycles. The fourth-order valence-electron chi connectivity index (χ4n) is 3.94. The van der Waals surface area contributed by atoms with Crippen molar-refractivity contribution in [2.45, 2.75) is 13.1 Å². The van der Waals surface area contributed by atoms with Crippen LogP contribution in [0.5, 0.6) is 0 Å². The van der Waals surface area contributed by atoms with E-state index in [9.17, 15) is 0 Å². The van der Waals surface area contributed by atoms with E-state index in [1.54, 1.807) is 0 Å². The highest BCUT2D eigenvalue weighted by molar-refractivity contribution is 7.35. The molecular formula is C24H22Cl2Si2. The molecule has 2 atom stereocenters. The van der Waals surface area contributed by atoms with Gasteiger partial charge in [-0.05, 0) is 44.6 Å². The first kappa shape index (κ1) is 19.5. The lowest BCUT2D eigenvalue weighted by molar-refractivity contribution is 1.72. The number of benzene rings is 4. The zero-order valence-electron chi connectivity index (χ0n) is 16.0. The molecular weight excluding hydrogens is 415 g/mol. The average Bonchev–Trinajstić information content (AvgIpc) is 2.74. The van der Waals surface area contributed by atoms with Gasteiger partial charge in [0, 0.05) is 0 Å². The van der Waals surface area contributed by atoms with E-state index in [1.807, 2.05) is 12.1 Å². The van der Waals surface area contributed by atoms with Gasteiger partial charge in [0.1, 0.15) is 0 Å². The summed E-state index contributed by atoms with van der Waals surface area (Å²) < 4.78 is 0. The van der Waals surface area contributed by atoms with Crippen molar-refractivity contribution >= 4 is 68.4 Å². The third kappa shape index (κ3) is 3.35. The van der Waals surface area contributed by atoms with Crippen molar-refractivity contribution in [1.29, 1.82) is 0 Å². The van der Waals surface area contributed by atoms with Crippen LogP contribution in [0.3, 0.4) is 0 Å². The van der Waals surface area contributed by atoms with Crippen LogP contribution in [-0.2, 0) is 0 Å². The third-order valence-corrected chi connectivity index (χ3v) is 13.8. The van der Waals surface area contributed by atoms with Crippen molar-refractivity contribution in [3.63, 3.8) is 0 Å². The average molecular weight is 438 g/mol. The molecule has 0 spiro atoms. The van der Waals surface area contributed by atoms with Crippen molar-refractivity contribution in [3.8, 4) is 0 Å². The molecule has 0 fully saturated rings. The number of halogens is 2. The van der Waals surface area contributed by atoms with Crippen LogP contribution in [0.2, 0.25) is 13.1 Å². The second-order valence-electron chi connectivity index (χ2n) is 7.44. The lowest BCUT2D eigenvalue weighted by atomic mass is 10.1. The Labute approximate surface area is 178 Å². The maximum Gasteiger partial charge on any atom is 0.214 e. The van der Waals surface area contributed by atoms with Crippen LogP contribution in [0.15, 0.2) is 97.1 Å². The maximum absolute atomic E-state index is 7.27. The van der Waals surface area contributed by atoms with E-state index in [-0.39, 0.29) is 0 Å². The summed E-state index contributed by atoms with van der Waals surface area (Å²) in [7, 11) is -4.67. The molecule has 0 aliphatic carbocycles. The second-order valence-corrected chi connectivity index (χ2v) is 18.2. The predicted molar refractivity (Wildman–Crippen MR) is 130 cm³/mol. The first-order chi connectivity index (χ1) is 13.4. The van der Waals surface area contributed by atoms with Gasteiger partial charge in [-0.25, -0.2) is 0 Å². The highest BCUT2D eigenvalue weighted by Crippen LogP contribution is 2.21. The summed E-state index contributed by atoms with van der Waals surface area (Å²) in [5, 5.41) is 7.39. The van der Waals surface area contributed by atoms with Gasteiger partial charge in [-0.15, -0.1) is 0 Å². The van der Waals surface area contributed by atoms with E-state index >= 15 is 0 Å². The molecule has 0 heterocycles. The molecule has 0 radical (unpaired) electrons. The first-order valence-electron chi connectivity index (χ1n) is 9.44. The van der Waals surface area contributed by atoms with Gasteiger partial charge in [0.05, 0.1) is 0 Å². The van der Waals surface area contributed by atoms with Crippen molar-refractivity contribution in [3.05, 3.63) is 97.1 Å². The lowest BCUT2D eigenvalue weighted by Crippen LogP contribution is -2.53. The van der Waals surface area contributed by atoms with E-state index in [2.05, 4.69) is 98.0 Å². The van der Waals surface area contributed by atoms with Crippen LogP contribution in [-0.4, -0.2) is 14.8 Å². The Kier molecular flexibility index (Phi) is 5.23. The van der Waals surface area contributed by atoms with Gasteiger partial charge in [-0.1, -0.05) is 97.1 Å². The molecule has 0 saturated heterocycles. The molecule has 0 nitrogen and oxygen atoms in total. The minimum Gasteiger partial charge on any atom is -0.155 e. The van der Waals surface area contributed by atoms with E-state index < -0.39 is 14.8 Å². The molecule has 140 valence electrons. The molecule has 0 aliphatic rings. The molecule has 4 rings (SSSR count). The Balaban J connectivity index is 1.93. The molecule has 0 amide bonds. The second kappa shape index (κ2) is 7.53. The summed E-state index contributed by atoms with van der Waals surface area (Å²) >= 11 is 14.5. The van der Waals surface area contributed by atoms with Gasteiger partial charge < -0.3 is 0 Å². The quantitative estimate of drug-likeness (QED) is 0.321. The maximum atomic E-state index is 7.27. The first-order valence-corrected chi connectivity index (χ1v) is 16.5. The number of hydrogen-bond donors (Lipinski definition) is 0. The van der Waals surface area contributed by atoms with Crippen LogP contribution < -0.4 is 20.7 Å². The minimum atomic E-state index is -2.34. The lowest BCUT2D eigenvalue weighted by Gasteiger charge is -2.26. The number of fused-ring (bicyclic) bond motifs is 1. The summed E-state index contributed by atoms with van der Waals surface area (Å²) in [5.41, 5.74) is 0. The molecule has 0 aromatic heterocycles. The number of rotatable bonds is 4. The monoisotopic (exact) mass is 436 g/mol. The molecule has 2 unspecified atom stereocenters. The number of hydrogen-bond acceptors (Lipinski definition) is 0. The topological polar surface area (TPSA) is 0 Å². The van der Waals surface area contributed by atoms with Crippen LogP contribution in [0.1, 0.15) is 0 Å². The highest BCUT2D eigenvalue weighted by atomic mass is 35.6. The zero-order chi connectivity index (χ0) is 19.8. The molecule has 0 aliphatic heterocycles. The van der Waals surface area contributed by atoms with E-state index in [0.29, 0.717) is 0 Å². The van der Waals surface area contributed by atoms with Gasteiger partial charge in [0.2, 0.25) is 14.8 Å².